The molecule has 2 aliphatic heterocycles. The maximum absolute atomic E-state index is 12.1. The van der Waals surface area contributed by atoms with Gasteiger partial charge in [0, 0.05) is 31.2 Å². The molecule has 17 heavy (non-hydrogen) atoms. The predicted molar refractivity (Wildman–Crippen MR) is 68.5 cm³/mol. The van der Waals surface area contributed by atoms with Gasteiger partial charge >= 0.3 is 0 Å². The molecule has 0 aromatic carbocycles. The first-order valence-corrected chi connectivity index (χ1v) is 5.93. The molecule has 1 atom stereocenters. The van der Waals surface area contributed by atoms with Crippen molar-refractivity contribution in [1.29, 1.82) is 0 Å². The summed E-state index contributed by atoms with van der Waals surface area (Å²) < 4.78 is 0. The van der Waals surface area contributed by atoms with E-state index in [1.54, 1.807) is 6.20 Å². The molecule has 1 aromatic rings. The van der Waals surface area contributed by atoms with Gasteiger partial charge in [-0.2, -0.15) is 0 Å². The van der Waals surface area contributed by atoms with Crippen molar-refractivity contribution in [2.24, 2.45) is 5.41 Å². The zero-order chi connectivity index (χ0) is 11.0. The minimum atomic E-state index is 0. The van der Waals surface area contributed by atoms with E-state index in [0.717, 1.165) is 32.6 Å². The fourth-order valence-corrected chi connectivity index (χ4v) is 2.89. The Labute approximate surface area is 107 Å². The molecule has 2 saturated heterocycles. The number of hydrogen-bond acceptors (Lipinski definition) is 2. The van der Waals surface area contributed by atoms with Crippen molar-refractivity contribution in [2.45, 2.75) is 12.8 Å². The summed E-state index contributed by atoms with van der Waals surface area (Å²) in [5, 5.41) is 3.40. The molecule has 4 nitrogen and oxygen atoms in total. The third kappa shape index (κ3) is 2.19. The molecule has 1 spiro atoms. The van der Waals surface area contributed by atoms with Gasteiger partial charge in [0.25, 0.3) is 5.91 Å². The number of amides is 1. The van der Waals surface area contributed by atoms with Gasteiger partial charge in [0.05, 0.1) is 0 Å². The Morgan fingerprint density at radius 1 is 1.41 bits per heavy atom. The number of nitrogens with zero attached hydrogens (tertiary/aromatic N) is 1. The summed E-state index contributed by atoms with van der Waals surface area (Å²) in [7, 11) is 0. The average molecular weight is 256 g/mol. The van der Waals surface area contributed by atoms with Crippen LogP contribution in [0.4, 0.5) is 0 Å². The van der Waals surface area contributed by atoms with Crippen LogP contribution in [0.5, 0.6) is 0 Å². The molecule has 1 amide bonds. The van der Waals surface area contributed by atoms with Crippen LogP contribution in [0.1, 0.15) is 23.3 Å². The monoisotopic (exact) mass is 255 g/mol. The van der Waals surface area contributed by atoms with Crippen LogP contribution >= 0.6 is 12.4 Å². The highest BCUT2D eigenvalue weighted by Gasteiger charge is 2.42. The number of carbonyl (C=O) groups excluding carboxylic acids is 1. The zero-order valence-corrected chi connectivity index (χ0v) is 10.6. The lowest BCUT2D eigenvalue weighted by Crippen LogP contribution is -2.33. The number of nitrogens with one attached hydrogen (secondary N) is 2. The second kappa shape index (κ2) is 4.70. The minimum Gasteiger partial charge on any atom is -0.357 e. The van der Waals surface area contributed by atoms with Crippen molar-refractivity contribution < 1.29 is 4.79 Å². The first kappa shape index (κ1) is 12.5. The number of H-pyrrole nitrogens is 1. The summed E-state index contributed by atoms with van der Waals surface area (Å²) in [6.07, 6.45) is 4.16. The fraction of sp³-hybridized carbons (Fsp3) is 0.583. The van der Waals surface area contributed by atoms with E-state index < -0.39 is 0 Å². The molecule has 94 valence electrons. The highest BCUT2D eigenvalue weighted by molar-refractivity contribution is 5.92. The summed E-state index contributed by atoms with van der Waals surface area (Å²) in [5.41, 5.74) is 1.07. The summed E-state index contributed by atoms with van der Waals surface area (Å²) in [4.78, 5) is 17.1. The Hall–Kier alpha value is -1.00. The van der Waals surface area contributed by atoms with Crippen molar-refractivity contribution >= 4 is 18.3 Å². The van der Waals surface area contributed by atoms with E-state index in [1.807, 2.05) is 17.0 Å². The van der Waals surface area contributed by atoms with Crippen molar-refractivity contribution in [3.05, 3.63) is 24.0 Å². The van der Waals surface area contributed by atoms with E-state index in [9.17, 15) is 4.79 Å². The highest BCUT2D eigenvalue weighted by Crippen LogP contribution is 2.36. The fourth-order valence-electron chi connectivity index (χ4n) is 2.89. The molecular weight excluding hydrogens is 238 g/mol. The molecule has 2 aliphatic rings. The second-order valence-corrected chi connectivity index (χ2v) is 4.99. The predicted octanol–water partition coefficient (Wildman–Crippen LogP) is 1.26. The first-order chi connectivity index (χ1) is 7.79. The van der Waals surface area contributed by atoms with Gasteiger partial charge in [0.15, 0.2) is 0 Å². The van der Waals surface area contributed by atoms with Gasteiger partial charge < -0.3 is 15.2 Å². The van der Waals surface area contributed by atoms with Crippen LogP contribution in [0, 0.1) is 5.41 Å². The highest BCUT2D eigenvalue weighted by atomic mass is 35.5. The van der Waals surface area contributed by atoms with Gasteiger partial charge in [-0.25, -0.2) is 0 Å². The van der Waals surface area contributed by atoms with Crippen LogP contribution < -0.4 is 5.32 Å². The maximum atomic E-state index is 12.1. The second-order valence-electron chi connectivity index (χ2n) is 4.99. The van der Waals surface area contributed by atoms with Gasteiger partial charge in [-0.1, -0.05) is 0 Å². The van der Waals surface area contributed by atoms with Crippen molar-refractivity contribution in [3.8, 4) is 0 Å². The summed E-state index contributed by atoms with van der Waals surface area (Å²) >= 11 is 0. The summed E-state index contributed by atoms with van der Waals surface area (Å²) in [6.45, 7) is 3.99. The topological polar surface area (TPSA) is 48.1 Å². The Morgan fingerprint density at radius 3 is 2.94 bits per heavy atom. The largest absolute Gasteiger partial charge is 0.357 e. The third-order valence-electron chi connectivity index (χ3n) is 3.89. The molecular formula is C12H18ClN3O. The number of aromatic amines is 1. The van der Waals surface area contributed by atoms with Crippen LogP contribution in [0.15, 0.2) is 18.3 Å². The third-order valence-corrected chi connectivity index (χ3v) is 3.89. The number of rotatable bonds is 1. The van der Waals surface area contributed by atoms with Gasteiger partial charge in [0.2, 0.25) is 0 Å². The van der Waals surface area contributed by atoms with Crippen LogP contribution in [0.3, 0.4) is 0 Å². The normalized spacial score (nSPS) is 27.4. The molecule has 0 bridgehead atoms. The SMILES string of the molecule is Cl.O=C(c1ccc[nH]1)N1CCC2(CCNC2)C1. The lowest BCUT2D eigenvalue weighted by molar-refractivity contribution is 0.0770. The van der Waals surface area contributed by atoms with Crippen LogP contribution in [-0.2, 0) is 0 Å². The van der Waals surface area contributed by atoms with E-state index in [2.05, 4.69) is 10.3 Å². The average Bonchev–Trinajstić information content (AvgIpc) is 3.01. The Bertz CT molecular complexity index is 384. The van der Waals surface area contributed by atoms with Crippen LogP contribution in [0.2, 0.25) is 0 Å². The van der Waals surface area contributed by atoms with E-state index in [-0.39, 0.29) is 18.3 Å². The van der Waals surface area contributed by atoms with E-state index >= 15 is 0 Å². The Morgan fingerprint density at radius 2 is 2.29 bits per heavy atom. The smallest absolute Gasteiger partial charge is 0.270 e. The molecule has 0 aliphatic carbocycles. The molecule has 3 rings (SSSR count). The lowest BCUT2D eigenvalue weighted by atomic mass is 9.87. The number of hydrogen-bond donors (Lipinski definition) is 2. The summed E-state index contributed by atoms with van der Waals surface area (Å²) in [5.74, 6) is 0.147. The van der Waals surface area contributed by atoms with Gasteiger partial charge in [-0.3, -0.25) is 4.79 Å². The van der Waals surface area contributed by atoms with Gasteiger partial charge in [0.1, 0.15) is 5.69 Å². The standard InChI is InChI=1S/C12H17N3O.ClH/c16-11(10-2-1-5-14-10)15-7-4-12(9-15)3-6-13-8-12;/h1-2,5,13-14H,3-4,6-9H2;1H. The molecule has 2 N–H and O–H groups in total. The number of carbonyl (C=O) groups is 1. The molecule has 3 heterocycles. The van der Waals surface area contributed by atoms with Crippen LogP contribution in [0.25, 0.3) is 0 Å². The maximum Gasteiger partial charge on any atom is 0.270 e. The van der Waals surface area contributed by atoms with E-state index in [0.29, 0.717) is 11.1 Å². The molecule has 5 heteroatoms. The van der Waals surface area contributed by atoms with E-state index in [4.69, 9.17) is 0 Å². The number of halogens is 1. The van der Waals surface area contributed by atoms with Gasteiger partial charge in [-0.05, 0) is 31.5 Å². The van der Waals surface area contributed by atoms with Crippen LogP contribution in [-0.4, -0.2) is 42.0 Å². The quantitative estimate of drug-likeness (QED) is 0.794. The number of likely N-dealkylation sites (tertiary alicyclic amines) is 1. The Kier molecular flexibility index (Phi) is 3.45. The molecule has 0 saturated carbocycles. The van der Waals surface area contributed by atoms with Gasteiger partial charge in [-0.15, -0.1) is 12.4 Å². The van der Waals surface area contributed by atoms with Crippen molar-refractivity contribution in [1.82, 2.24) is 15.2 Å². The zero-order valence-electron chi connectivity index (χ0n) is 9.74. The Balaban J connectivity index is 0.00000108. The molecule has 1 unspecified atom stereocenters. The minimum absolute atomic E-state index is 0. The molecule has 0 radical (unpaired) electrons. The molecule has 1 aromatic heterocycles. The van der Waals surface area contributed by atoms with Crippen molar-refractivity contribution in [2.75, 3.05) is 26.2 Å². The van der Waals surface area contributed by atoms with Crippen molar-refractivity contribution in [3.63, 3.8) is 0 Å². The molecule has 2 fully saturated rings. The van der Waals surface area contributed by atoms with E-state index in [1.165, 1.54) is 6.42 Å². The number of aromatic nitrogens is 1. The summed E-state index contributed by atoms with van der Waals surface area (Å²) in [6, 6.07) is 3.72. The first-order valence-electron chi connectivity index (χ1n) is 5.93. The lowest BCUT2D eigenvalue weighted by Gasteiger charge is -2.22.